The normalized spacial score (nSPS) is 19.0. The minimum atomic E-state index is 0.424. The van der Waals surface area contributed by atoms with Gasteiger partial charge in [-0.2, -0.15) is 5.10 Å². The largest absolute Gasteiger partial charge is 0.381 e. The Labute approximate surface area is 110 Å². The van der Waals surface area contributed by atoms with Crippen molar-refractivity contribution in [2.24, 2.45) is 5.92 Å². The van der Waals surface area contributed by atoms with Gasteiger partial charge in [0.25, 0.3) is 0 Å². The van der Waals surface area contributed by atoms with Gasteiger partial charge in [0.05, 0.1) is 11.7 Å². The van der Waals surface area contributed by atoms with Gasteiger partial charge in [-0.1, -0.05) is 13.8 Å². The van der Waals surface area contributed by atoms with Crippen LogP contribution in [0, 0.1) is 5.92 Å². The summed E-state index contributed by atoms with van der Waals surface area (Å²) >= 11 is 0. The zero-order valence-electron chi connectivity index (χ0n) is 11.6. The average molecular weight is 251 g/mol. The third-order valence-electron chi connectivity index (χ3n) is 3.66. The third kappa shape index (κ3) is 3.12. The molecule has 102 valence electrons. The molecule has 18 heavy (non-hydrogen) atoms. The lowest BCUT2D eigenvalue weighted by molar-refractivity contribution is 0.0526. The molecule has 1 fully saturated rings. The van der Waals surface area contributed by atoms with E-state index in [9.17, 15) is 0 Å². The molecule has 1 aromatic rings. The molecule has 0 saturated carbocycles. The molecule has 0 spiro atoms. The highest BCUT2D eigenvalue weighted by molar-refractivity contribution is 5.09. The number of aryl methyl sites for hydroxylation is 1. The third-order valence-corrected chi connectivity index (χ3v) is 3.66. The molecule has 4 nitrogen and oxygen atoms in total. The monoisotopic (exact) mass is 251 g/mol. The van der Waals surface area contributed by atoms with E-state index in [1.54, 1.807) is 0 Å². The number of hydrogen-bond donors (Lipinski definition) is 1. The van der Waals surface area contributed by atoms with E-state index in [4.69, 9.17) is 4.74 Å². The molecule has 2 rings (SSSR count). The Morgan fingerprint density at radius 1 is 1.44 bits per heavy atom. The Hall–Kier alpha value is -0.870. The zero-order chi connectivity index (χ0) is 12.8. The van der Waals surface area contributed by atoms with Crippen LogP contribution in [-0.2, 0) is 11.3 Å². The van der Waals surface area contributed by atoms with Gasteiger partial charge in [0.1, 0.15) is 0 Å². The summed E-state index contributed by atoms with van der Waals surface area (Å²) in [5.41, 5.74) is 1.34. The highest BCUT2D eigenvalue weighted by atomic mass is 16.5. The van der Waals surface area contributed by atoms with E-state index < -0.39 is 0 Å². The van der Waals surface area contributed by atoms with Gasteiger partial charge in [-0.15, -0.1) is 0 Å². The zero-order valence-corrected chi connectivity index (χ0v) is 11.6. The van der Waals surface area contributed by atoms with Crippen molar-refractivity contribution in [2.75, 3.05) is 19.8 Å². The van der Waals surface area contributed by atoms with E-state index in [-0.39, 0.29) is 0 Å². The lowest BCUT2D eigenvalue weighted by Gasteiger charge is -2.31. The number of rotatable bonds is 6. The first kappa shape index (κ1) is 13.6. The van der Waals surface area contributed by atoms with E-state index in [1.807, 2.05) is 6.20 Å². The van der Waals surface area contributed by atoms with E-state index >= 15 is 0 Å². The molecule has 1 aliphatic heterocycles. The molecule has 1 aliphatic rings. The Balaban J connectivity index is 2.14. The fraction of sp³-hybridized carbons (Fsp3) is 0.786. The Kier molecular flexibility index (Phi) is 5.20. The van der Waals surface area contributed by atoms with Crippen LogP contribution in [0.15, 0.2) is 12.3 Å². The van der Waals surface area contributed by atoms with Crippen molar-refractivity contribution in [1.82, 2.24) is 15.1 Å². The lowest BCUT2D eigenvalue weighted by Crippen LogP contribution is -2.33. The second-order valence-corrected chi connectivity index (χ2v) is 4.96. The summed E-state index contributed by atoms with van der Waals surface area (Å²) in [5, 5.41) is 8.09. The van der Waals surface area contributed by atoms with Gasteiger partial charge < -0.3 is 10.1 Å². The minimum Gasteiger partial charge on any atom is -0.381 e. The topological polar surface area (TPSA) is 39.1 Å². The summed E-state index contributed by atoms with van der Waals surface area (Å²) in [6.07, 6.45) is 5.35. The second-order valence-electron chi connectivity index (χ2n) is 4.96. The first-order chi connectivity index (χ1) is 8.86. The molecule has 0 amide bonds. The highest BCUT2D eigenvalue weighted by Gasteiger charge is 2.26. The molecule has 1 atom stereocenters. The summed E-state index contributed by atoms with van der Waals surface area (Å²) in [6.45, 7) is 8.17. The van der Waals surface area contributed by atoms with Crippen molar-refractivity contribution in [3.8, 4) is 0 Å². The van der Waals surface area contributed by atoms with Crippen molar-refractivity contribution in [3.05, 3.63) is 18.0 Å². The lowest BCUT2D eigenvalue weighted by atomic mass is 9.89. The molecule has 2 heterocycles. The molecule has 0 aliphatic carbocycles. The Morgan fingerprint density at radius 2 is 2.22 bits per heavy atom. The maximum atomic E-state index is 5.47. The predicted octanol–water partition coefficient (Wildman–Crippen LogP) is 2.37. The fourth-order valence-corrected chi connectivity index (χ4v) is 2.79. The van der Waals surface area contributed by atoms with Gasteiger partial charge in [0.15, 0.2) is 0 Å². The van der Waals surface area contributed by atoms with Gasteiger partial charge in [-0.05, 0) is 37.8 Å². The van der Waals surface area contributed by atoms with E-state index in [1.165, 1.54) is 5.69 Å². The van der Waals surface area contributed by atoms with Crippen LogP contribution < -0.4 is 5.32 Å². The average Bonchev–Trinajstić information content (AvgIpc) is 2.85. The minimum absolute atomic E-state index is 0.424. The second kappa shape index (κ2) is 6.90. The molecular formula is C14H25N3O. The quantitative estimate of drug-likeness (QED) is 0.843. The van der Waals surface area contributed by atoms with Crippen molar-refractivity contribution in [2.45, 2.75) is 45.7 Å². The SMILES string of the molecule is CCCn1nccc1C(NCC)C1CCOCC1. The smallest absolute Gasteiger partial charge is 0.0556 e. The molecule has 1 N–H and O–H groups in total. The van der Waals surface area contributed by atoms with E-state index in [0.29, 0.717) is 12.0 Å². The van der Waals surface area contributed by atoms with Crippen LogP contribution in [0.4, 0.5) is 0 Å². The van der Waals surface area contributed by atoms with Gasteiger partial charge >= 0.3 is 0 Å². The van der Waals surface area contributed by atoms with Crippen molar-refractivity contribution in [3.63, 3.8) is 0 Å². The van der Waals surface area contributed by atoms with E-state index in [2.05, 4.69) is 35.0 Å². The summed E-state index contributed by atoms with van der Waals surface area (Å²) in [5.74, 6) is 0.672. The maximum absolute atomic E-state index is 5.47. The van der Waals surface area contributed by atoms with Crippen LogP contribution in [0.1, 0.15) is 44.8 Å². The van der Waals surface area contributed by atoms with Crippen LogP contribution >= 0.6 is 0 Å². The molecule has 1 unspecified atom stereocenters. The molecule has 0 radical (unpaired) electrons. The first-order valence-corrected chi connectivity index (χ1v) is 7.19. The fourth-order valence-electron chi connectivity index (χ4n) is 2.79. The number of aromatic nitrogens is 2. The predicted molar refractivity (Wildman–Crippen MR) is 72.5 cm³/mol. The summed E-state index contributed by atoms with van der Waals surface area (Å²) in [6, 6.07) is 2.59. The Bertz CT molecular complexity index is 345. The van der Waals surface area contributed by atoms with Gasteiger partial charge in [-0.25, -0.2) is 0 Å². The number of nitrogens with zero attached hydrogens (tertiary/aromatic N) is 2. The Morgan fingerprint density at radius 3 is 2.89 bits per heavy atom. The standard InChI is InChI=1S/C14H25N3O/c1-3-9-17-13(5-8-16-17)14(15-4-2)12-6-10-18-11-7-12/h5,8,12,14-15H,3-4,6-7,9-11H2,1-2H3. The number of nitrogens with one attached hydrogen (secondary N) is 1. The van der Waals surface area contributed by atoms with E-state index in [0.717, 1.165) is 45.6 Å². The molecular weight excluding hydrogens is 226 g/mol. The molecule has 4 heteroatoms. The van der Waals surface area contributed by atoms with Gasteiger partial charge in [-0.3, -0.25) is 4.68 Å². The number of hydrogen-bond acceptors (Lipinski definition) is 3. The highest BCUT2D eigenvalue weighted by Crippen LogP contribution is 2.29. The molecule has 0 bridgehead atoms. The molecule has 0 aromatic carbocycles. The first-order valence-electron chi connectivity index (χ1n) is 7.19. The van der Waals surface area contributed by atoms with Crippen molar-refractivity contribution in [1.29, 1.82) is 0 Å². The summed E-state index contributed by atoms with van der Waals surface area (Å²) in [7, 11) is 0. The molecule has 1 aromatic heterocycles. The summed E-state index contributed by atoms with van der Waals surface area (Å²) < 4.78 is 7.63. The molecule has 1 saturated heterocycles. The number of ether oxygens (including phenoxy) is 1. The van der Waals surface area contributed by atoms with Crippen LogP contribution in [0.2, 0.25) is 0 Å². The van der Waals surface area contributed by atoms with Gasteiger partial charge in [0.2, 0.25) is 0 Å². The van der Waals surface area contributed by atoms with Crippen LogP contribution in [-0.4, -0.2) is 29.5 Å². The van der Waals surface area contributed by atoms with Gasteiger partial charge in [0, 0.05) is 26.0 Å². The summed E-state index contributed by atoms with van der Waals surface area (Å²) in [4.78, 5) is 0. The van der Waals surface area contributed by atoms with Crippen molar-refractivity contribution >= 4 is 0 Å². The van der Waals surface area contributed by atoms with Crippen LogP contribution in [0.5, 0.6) is 0 Å². The maximum Gasteiger partial charge on any atom is 0.0556 e. The van der Waals surface area contributed by atoms with Crippen LogP contribution in [0.25, 0.3) is 0 Å². The van der Waals surface area contributed by atoms with Crippen molar-refractivity contribution < 1.29 is 4.74 Å². The van der Waals surface area contributed by atoms with Crippen LogP contribution in [0.3, 0.4) is 0 Å².